The normalized spacial score (nSPS) is 17.9. The maximum absolute atomic E-state index is 11.9. The zero-order chi connectivity index (χ0) is 15.8. The van der Waals surface area contributed by atoms with E-state index in [1.807, 2.05) is 24.1 Å². The van der Waals surface area contributed by atoms with Crippen molar-refractivity contribution in [3.63, 3.8) is 0 Å². The molecular formula is C16H23ClN2O3. The molecule has 0 radical (unpaired) electrons. The van der Waals surface area contributed by atoms with Crippen molar-refractivity contribution in [2.45, 2.75) is 18.9 Å². The molecule has 122 valence electrons. The fraction of sp³-hybridized carbons (Fsp3) is 0.562. The first-order valence-corrected chi connectivity index (χ1v) is 7.95. The zero-order valence-electron chi connectivity index (χ0n) is 12.9. The van der Waals surface area contributed by atoms with Crippen LogP contribution in [0.1, 0.15) is 12.8 Å². The lowest BCUT2D eigenvalue weighted by Crippen LogP contribution is -2.33. The quantitative estimate of drug-likeness (QED) is 0.745. The Morgan fingerprint density at radius 2 is 2.32 bits per heavy atom. The third kappa shape index (κ3) is 5.93. The van der Waals surface area contributed by atoms with Crippen molar-refractivity contribution in [2.75, 3.05) is 45.3 Å². The monoisotopic (exact) mass is 326 g/mol. The molecular weight excluding hydrogens is 304 g/mol. The van der Waals surface area contributed by atoms with Gasteiger partial charge in [0.15, 0.2) is 0 Å². The molecule has 1 aliphatic rings. The Bertz CT molecular complexity index is 478. The second kappa shape index (κ2) is 9.10. The van der Waals surface area contributed by atoms with E-state index in [1.165, 1.54) is 0 Å². The van der Waals surface area contributed by atoms with E-state index in [0.29, 0.717) is 37.0 Å². The van der Waals surface area contributed by atoms with Crippen molar-refractivity contribution in [3.8, 4) is 0 Å². The van der Waals surface area contributed by atoms with Crippen LogP contribution in [-0.4, -0.2) is 56.9 Å². The Kier molecular flexibility index (Phi) is 7.12. The molecule has 2 rings (SSSR count). The summed E-state index contributed by atoms with van der Waals surface area (Å²) in [5.74, 6) is -0.0882. The minimum absolute atomic E-state index is 0.0882. The van der Waals surface area contributed by atoms with Gasteiger partial charge in [-0.25, -0.2) is 0 Å². The van der Waals surface area contributed by atoms with Crippen LogP contribution in [0.25, 0.3) is 0 Å². The maximum Gasteiger partial charge on any atom is 0.238 e. The fourth-order valence-corrected chi connectivity index (χ4v) is 2.47. The first kappa shape index (κ1) is 17.2. The van der Waals surface area contributed by atoms with E-state index in [-0.39, 0.29) is 12.0 Å². The molecule has 5 nitrogen and oxygen atoms in total. The van der Waals surface area contributed by atoms with Gasteiger partial charge in [0.05, 0.1) is 36.6 Å². The highest BCUT2D eigenvalue weighted by Crippen LogP contribution is 2.20. The van der Waals surface area contributed by atoms with Gasteiger partial charge < -0.3 is 14.8 Å². The SMILES string of the molecule is CN(CCOC[C@@H]1CCCO1)CC(=O)Nc1ccccc1Cl. The number of para-hydroxylation sites is 1. The first-order chi connectivity index (χ1) is 10.6. The third-order valence-corrected chi connectivity index (χ3v) is 3.84. The highest BCUT2D eigenvalue weighted by Gasteiger charge is 2.15. The van der Waals surface area contributed by atoms with Crippen molar-refractivity contribution >= 4 is 23.2 Å². The number of carbonyl (C=O) groups excluding carboxylic acids is 1. The van der Waals surface area contributed by atoms with Crippen LogP contribution < -0.4 is 5.32 Å². The molecule has 1 N–H and O–H groups in total. The summed E-state index contributed by atoms with van der Waals surface area (Å²) in [5.41, 5.74) is 0.636. The molecule has 22 heavy (non-hydrogen) atoms. The molecule has 0 aromatic heterocycles. The van der Waals surface area contributed by atoms with Gasteiger partial charge in [-0.3, -0.25) is 9.69 Å². The van der Waals surface area contributed by atoms with Gasteiger partial charge in [-0.05, 0) is 32.0 Å². The standard InChI is InChI=1S/C16H23ClN2O3/c1-19(8-10-21-12-13-5-4-9-22-13)11-16(20)18-15-7-3-2-6-14(15)17/h2-3,6-7,13H,4-5,8-12H2,1H3,(H,18,20)/t13-/m0/s1. The van der Waals surface area contributed by atoms with E-state index < -0.39 is 0 Å². The molecule has 0 unspecified atom stereocenters. The molecule has 1 saturated heterocycles. The summed E-state index contributed by atoms with van der Waals surface area (Å²) < 4.78 is 11.1. The van der Waals surface area contributed by atoms with E-state index in [2.05, 4.69) is 5.32 Å². The minimum atomic E-state index is -0.0882. The maximum atomic E-state index is 11.9. The Balaban J connectivity index is 1.60. The Morgan fingerprint density at radius 1 is 1.50 bits per heavy atom. The van der Waals surface area contributed by atoms with Crippen LogP contribution in [0, 0.1) is 0 Å². The average Bonchev–Trinajstić information content (AvgIpc) is 2.99. The number of halogens is 1. The number of amides is 1. The van der Waals surface area contributed by atoms with Crippen LogP contribution in [0.15, 0.2) is 24.3 Å². The molecule has 0 saturated carbocycles. The van der Waals surface area contributed by atoms with Gasteiger partial charge in [0.1, 0.15) is 0 Å². The van der Waals surface area contributed by atoms with Crippen LogP contribution in [-0.2, 0) is 14.3 Å². The molecule has 6 heteroatoms. The van der Waals surface area contributed by atoms with E-state index in [0.717, 1.165) is 19.4 Å². The summed E-state index contributed by atoms with van der Waals surface area (Å²) in [6.07, 6.45) is 2.44. The number of nitrogens with one attached hydrogen (secondary N) is 1. The number of likely N-dealkylation sites (N-methyl/N-ethyl adjacent to an activating group) is 1. The zero-order valence-corrected chi connectivity index (χ0v) is 13.6. The summed E-state index contributed by atoms with van der Waals surface area (Å²) in [7, 11) is 1.89. The summed E-state index contributed by atoms with van der Waals surface area (Å²) in [6, 6.07) is 7.20. The molecule has 0 aliphatic carbocycles. The summed E-state index contributed by atoms with van der Waals surface area (Å²) in [4.78, 5) is 13.9. The lowest BCUT2D eigenvalue weighted by atomic mass is 10.2. The van der Waals surface area contributed by atoms with Gasteiger partial charge in [-0.2, -0.15) is 0 Å². The van der Waals surface area contributed by atoms with Crippen molar-refractivity contribution in [3.05, 3.63) is 29.3 Å². The summed E-state index contributed by atoms with van der Waals surface area (Å²) >= 11 is 6.01. The summed E-state index contributed by atoms with van der Waals surface area (Å²) in [5, 5.41) is 3.34. The van der Waals surface area contributed by atoms with Crippen LogP contribution in [0.5, 0.6) is 0 Å². The van der Waals surface area contributed by atoms with Gasteiger partial charge in [-0.1, -0.05) is 23.7 Å². The van der Waals surface area contributed by atoms with E-state index in [1.54, 1.807) is 12.1 Å². The average molecular weight is 327 g/mol. The second-order valence-corrected chi connectivity index (χ2v) is 5.88. The third-order valence-electron chi connectivity index (χ3n) is 3.51. The predicted molar refractivity (Wildman–Crippen MR) is 87.4 cm³/mol. The molecule has 1 atom stereocenters. The van der Waals surface area contributed by atoms with Gasteiger partial charge in [0.25, 0.3) is 0 Å². The van der Waals surface area contributed by atoms with Crippen molar-refractivity contribution in [1.82, 2.24) is 4.90 Å². The first-order valence-electron chi connectivity index (χ1n) is 7.57. The smallest absolute Gasteiger partial charge is 0.238 e. The van der Waals surface area contributed by atoms with Crippen LogP contribution in [0.3, 0.4) is 0 Å². The van der Waals surface area contributed by atoms with Crippen LogP contribution >= 0.6 is 11.6 Å². The Labute approximate surface area is 136 Å². The Morgan fingerprint density at radius 3 is 3.05 bits per heavy atom. The number of ether oxygens (including phenoxy) is 2. The minimum Gasteiger partial charge on any atom is -0.377 e. The number of hydrogen-bond acceptors (Lipinski definition) is 4. The second-order valence-electron chi connectivity index (χ2n) is 5.48. The fourth-order valence-electron chi connectivity index (χ4n) is 2.29. The molecule has 1 aromatic carbocycles. The molecule has 1 aliphatic heterocycles. The molecule has 1 aromatic rings. The van der Waals surface area contributed by atoms with Gasteiger partial charge >= 0.3 is 0 Å². The predicted octanol–water partition coefficient (Wildman–Crippen LogP) is 2.41. The topological polar surface area (TPSA) is 50.8 Å². The van der Waals surface area contributed by atoms with Crippen LogP contribution in [0.2, 0.25) is 5.02 Å². The number of carbonyl (C=O) groups is 1. The molecule has 1 heterocycles. The number of benzene rings is 1. The lowest BCUT2D eigenvalue weighted by molar-refractivity contribution is -0.117. The highest BCUT2D eigenvalue weighted by atomic mass is 35.5. The molecule has 0 spiro atoms. The lowest BCUT2D eigenvalue weighted by Gasteiger charge is -2.17. The molecule has 1 amide bonds. The van der Waals surface area contributed by atoms with Crippen molar-refractivity contribution in [1.29, 1.82) is 0 Å². The van der Waals surface area contributed by atoms with E-state index in [4.69, 9.17) is 21.1 Å². The van der Waals surface area contributed by atoms with E-state index >= 15 is 0 Å². The molecule has 1 fully saturated rings. The van der Waals surface area contributed by atoms with Crippen molar-refractivity contribution < 1.29 is 14.3 Å². The largest absolute Gasteiger partial charge is 0.377 e. The highest BCUT2D eigenvalue weighted by molar-refractivity contribution is 6.33. The number of rotatable bonds is 8. The number of nitrogens with zero attached hydrogens (tertiary/aromatic N) is 1. The van der Waals surface area contributed by atoms with Crippen LogP contribution in [0.4, 0.5) is 5.69 Å². The summed E-state index contributed by atoms with van der Waals surface area (Å²) in [6.45, 7) is 3.07. The van der Waals surface area contributed by atoms with Crippen molar-refractivity contribution in [2.24, 2.45) is 0 Å². The Hall–Kier alpha value is -1.14. The van der Waals surface area contributed by atoms with Gasteiger partial charge in [0, 0.05) is 13.2 Å². The van der Waals surface area contributed by atoms with Gasteiger partial charge in [0.2, 0.25) is 5.91 Å². The number of anilines is 1. The van der Waals surface area contributed by atoms with Gasteiger partial charge in [-0.15, -0.1) is 0 Å². The number of hydrogen-bond donors (Lipinski definition) is 1. The van der Waals surface area contributed by atoms with E-state index in [9.17, 15) is 4.79 Å². The molecule has 0 bridgehead atoms.